The van der Waals surface area contributed by atoms with E-state index in [-0.39, 0.29) is 22.9 Å². The maximum atomic E-state index is 13.3. The van der Waals surface area contributed by atoms with Crippen molar-refractivity contribution in [3.05, 3.63) is 65.5 Å². The molecule has 2 amide bonds. The molecule has 4 bridgehead atoms. The maximum Gasteiger partial charge on any atom is 0.270 e. The van der Waals surface area contributed by atoms with Crippen LogP contribution in [0.1, 0.15) is 64.9 Å². The fourth-order valence-electron chi connectivity index (χ4n) is 7.12. The molecule has 29 heavy (non-hydrogen) atoms. The number of benzene rings is 1. The van der Waals surface area contributed by atoms with Gasteiger partial charge in [0.15, 0.2) is 0 Å². The van der Waals surface area contributed by atoms with Gasteiger partial charge in [-0.3, -0.25) is 14.6 Å². The smallest absolute Gasteiger partial charge is 0.270 e. The number of aromatic nitrogens is 1. The second-order valence-electron chi connectivity index (χ2n) is 9.68. The van der Waals surface area contributed by atoms with Crippen molar-refractivity contribution in [3.63, 3.8) is 0 Å². The van der Waals surface area contributed by atoms with E-state index in [1.807, 2.05) is 30.3 Å². The molecule has 0 saturated heterocycles. The van der Waals surface area contributed by atoms with E-state index in [2.05, 4.69) is 21.3 Å². The van der Waals surface area contributed by atoms with Crippen LogP contribution in [-0.2, 0) is 6.54 Å². The van der Waals surface area contributed by atoms with Gasteiger partial charge in [-0.2, -0.15) is 0 Å². The Morgan fingerprint density at radius 2 is 1.79 bits per heavy atom. The molecule has 5 heteroatoms. The first-order valence-electron chi connectivity index (χ1n) is 10.7. The molecule has 4 aliphatic carbocycles. The molecule has 1 aromatic heterocycles. The first-order chi connectivity index (χ1) is 14.1. The van der Waals surface area contributed by atoms with Gasteiger partial charge in [0.2, 0.25) is 0 Å². The van der Waals surface area contributed by atoms with Gasteiger partial charge in [-0.25, -0.2) is 0 Å². The minimum atomic E-state index is -0.215. The van der Waals surface area contributed by atoms with E-state index in [9.17, 15) is 9.59 Å². The van der Waals surface area contributed by atoms with Gasteiger partial charge in [0, 0.05) is 29.4 Å². The van der Waals surface area contributed by atoms with Crippen LogP contribution >= 0.6 is 0 Å². The molecule has 2 unspecified atom stereocenters. The van der Waals surface area contributed by atoms with E-state index >= 15 is 0 Å². The van der Waals surface area contributed by atoms with Crippen LogP contribution in [0.5, 0.6) is 0 Å². The molecule has 2 heterocycles. The molecule has 4 saturated carbocycles. The van der Waals surface area contributed by atoms with Crippen LogP contribution in [0.25, 0.3) is 0 Å². The van der Waals surface area contributed by atoms with Crippen LogP contribution < -0.4 is 5.32 Å². The Bertz CT molecular complexity index is 988. The molecule has 5 nitrogen and oxygen atoms in total. The summed E-state index contributed by atoms with van der Waals surface area (Å²) in [6.07, 6.45) is 7.96. The Morgan fingerprint density at radius 3 is 2.52 bits per heavy atom. The Balaban J connectivity index is 1.32. The van der Waals surface area contributed by atoms with Gasteiger partial charge in [0.05, 0.1) is 0 Å². The van der Waals surface area contributed by atoms with Crippen molar-refractivity contribution in [2.24, 2.45) is 11.8 Å². The summed E-state index contributed by atoms with van der Waals surface area (Å²) < 4.78 is 0. The molecule has 0 spiro atoms. The molecule has 1 N–H and O–H groups in total. The van der Waals surface area contributed by atoms with Crippen molar-refractivity contribution in [1.29, 1.82) is 0 Å². The molecule has 2 aromatic rings. The van der Waals surface area contributed by atoms with Crippen molar-refractivity contribution < 1.29 is 9.59 Å². The zero-order valence-electron chi connectivity index (χ0n) is 16.4. The molecule has 0 radical (unpaired) electrons. The molecular weight excluding hydrogens is 362 g/mol. The van der Waals surface area contributed by atoms with Gasteiger partial charge in [-0.15, -0.1) is 0 Å². The van der Waals surface area contributed by atoms with Crippen LogP contribution in [0.3, 0.4) is 0 Å². The summed E-state index contributed by atoms with van der Waals surface area (Å²) in [6.45, 7) is 0.707. The number of carbonyl (C=O) groups excluding carboxylic acids is 2. The number of fused-ring (bicyclic) bond motifs is 1. The molecular formula is C24H25N3O2. The highest BCUT2D eigenvalue weighted by Gasteiger charge is 2.61. The molecule has 4 fully saturated rings. The summed E-state index contributed by atoms with van der Waals surface area (Å²) >= 11 is 0. The summed E-state index contributed by atoms with van der Waals surface area (Å²) in [5, 5.41) is 3.39. The number of rotatable bonds is 3. The van der Waals surface area contributed by atoms with Gasteiger partial charge >= 0.3 is 0 Å². The van der Waals surface area contributed by atoms with E-state index < -0.39 is 0 Å². The predicted molar refractivity (Wildman–Crippen MR) is 108 cm³/mol. The lowest BCUT2D eigenvalue weighted by molar-refractivity contribution is -0.0938. The minimum Gasteiger partial charge on any atom is -0.345 e. The lowest BCUT2D eigenvalue weighted by Gasteiger charge is -2.64. The highest BCUT2D eigenvalue weighted by molar-refractivity contribution is 5.99. The van der Waals surface area contributed by atoms with Crippen molar-refractivity contribution in [3.8, 4) is 0 Å². The number of hydrogen-bond donors (Lipinski definition) is 1. The van der Waals surface area contributed by atoms with E-state index in [0.717, 1.165) is 43.2 Å². The standard InChI is InChI=1S/C24H25N3O2/c28-21(20-7-3-4-8-25-20)26-23-10-16-9-17(11-23)13-24(12-16,15-23)27-14-18-5-1-2-6-19(18)22(27)29/h1-8,16-17H,9-15H2,(H,26,28). The van der Waals surface area contributed by atoms with Crippen molar-refractivity contribution in [2.75, 3.05) is 0 Å². The van der Waals surface area contributed by atoms with E-state index in [1.165, 1.54) is 6.42 Å². The Kier molecular flexibility index (Phi) is 3.50. The SMILES string of the molecule is O=C(NC12CC3CC(C1)CC(N1Cc4ccccc4C1=O)(C3)C2)c1ccccn1. The third kappa shape index (κ3) is 2.56. The van der Waals surface area contributed by atoms with Gasteiger partial charge in [-0.1, -0.05) is 24.3 Å². The average molecular weight is 387 g/mol. The number of nitrogens with zero attached hydrogens (tertiary/aromatic N) is 2. The number of amides is 2. The summed E-state index contributed by atoms with van der Waals surface area (Å²) in [5.41, 5.74) is 2.13. The first kappa shape index (κ1) is 17.2. The van der Waals surface area contributed by atoms with Crippen LogP contribution in [0.4, 0.5) is 0 Å². The predicted octanol–water partition coefficient (Wildman–Crippen LogP) is 3.56. The fraction of sp³-hybridized carbons (Fsp3) is 0.458. The highest BCUT2D eigenvalue weighted by Crippen LogP contribution is 2.60. The van der Waals surface area contributed by atoms with Crippen molar-refractivity contribution >= 4 is 11.8 Å². The van der Waals surface area contributed by atoms with Gasteiger partial charge < -0.3 is 10.2 Å². The lowest BCUT2D eigenvalue weighted by atomic mass is 9.49. The van der Waals surface area contributed by atoms with Crippen LogP contribution in [0.2, 0.25) is 0 Å². The minimum absolute atomic E-state index is 0.0845. The lowest BCUT2D eigenvalue weighted by Crippen LogP contribution is -2.69. The number of nitrogens with one attached hydrogen (secondary N) is 1. The quantitative estimate of drug-likeness (QED) is 0.876. The van der Waals surface area contributed by atoms with Gasteiger partial charge in [-0.05, 0) is 74.1 Å². The summed E-state index contributed by atoms with van der Waals surface area (Å²) in [7, 11) is 0. The van der Waals surface area contributed by atoms with Crippen molar-refractivity contribution in [1.82, 2.24) is 15.2 Å². The number of hydrogen-bond acceptors (Lipinski definition) is 3. The van der Waals surface area contributed by atoms with Gasteiger partial charge in [0.1, 0.15) is 5.69 Å². The zero-order chi connectivity index (χ0) is 19.6. The van der Waals surface area contributed by atoms with Crippen LogP contribution in [0.15, 0.2) is 48.7 Å². The second-order valence-corrected chi connectivity index (χ2v) is 9.68. The molecule has 2 atom stereocenters. The summed E-state index contributed by atoms with van der Waals surface area (Å²) in [4.78, 5) is 32.6. The van der Waals surface area contributed by atoms with Crippen LogP contribution in [0, 0.1) is 11.8 Å². The third-order valence-corrected chi connectivity index (χ3v) is 7.70. The van der Waals surface area contributed by atoms with Gasteiger partial charge in [0.25, 0.3) is 11.8 Å². The molecule has 1 aliphatic heterocycles. The molecule has 5 aliphatic rings. The van der Waals surface area contributed by atoms with E-state index in [0.29, 0.717) is 24.1 Å². The number of pyridine rings is 1. The Hall–Kier alpha value is -2.69. The van der Waals surface area contributed by atoms with Crippen LogP contribution in [-0.4, -0.2) is 32.8 Å². The Morgan fingerprint density at radius 1 is 1.03 bits per heavy atom. The van der Waals surface area contributed by atoms with E-state index in [4.69, 9.17) is 0 Å². The highest BCUT2D eigenvalue weighted by atomic mass is 16.2. The second kappa shape index (κ2) is 5.91. The fourth-order valence-corrected chi connectivity index (χ4v) is 7.12. The van der Waals surface area contributed by atoms with Crippen molar-refractivity contribution in [2.45, 2.75) is 56.1 Å². The topological polar surface area (TPSA) is 62.3 Å². The summed E-state index contributed by atoms with van der Waals surface area (Å²) in [5.74, 6) is 1.25. The molecule has 7 rings (SSSR count). The Labute approximate surface area is 170 Å². The number of carbonyl (C=O) groups is 2. The molecule has 148 valence electrons. The molecule has 1 aromatic carbocycles. The maximum absolute atomic E-state index is 13.3. The largest absolute Gasteiger partial charge is 0.345 e. The zero-order valence-corrected chi connectivity index (χ0v) is 16.4. The summed E-state index contributed by atoms with van der Waals surface area (Å²) in [6, 6.07) is 13.4. The average Bonchev–Trinajstić information content (AvgIpc) is 3.05. The monoisotopic (exact) mass is 387 g/mol. The first-order valence-corrected chi connectivity index (χ1v) is 10.7. The third-order valence-electron chi connectivity index (χ3n) is 7.70. The normalized spacial score (nSPS) is 34.3. The van der Waals surface area contributed by atoms with E-state index in [1.54, 1.807) is 12.3 Å².